The minimum Gasteiger partial charge on any atom is -0.353 e. The highest BCUT2D eigenvalue weighted by Crippen LogP contribution is 2.15. The van der Waals surface area contributed by atoms with Gasteiger partial charge in [-0.25, -0.2) is 4.98 Å². The van der Waals surface area contributed by atoms with E-state index in [1.807, 2.05) is 35.2 Å². The summed E-state index contributed by atoms with van der Waals surface area (Å²) in [4.78, 5) is 20.8. The zero-order valence-corrected chi connectivity index (χ0v) is 15.2. The van der Waals surface area contributed by atoms with Crippen LogP contribution in [0.2, 0.25) is 0 Å². The summed E-state index contributed by atoms with van der Waals surface area (Å²) in [7, 11) is 0. The average Bonchev–Trinajstić information content (AvgIpc) is 2.68. The molecule has 0 radical (unpaired) electrons. The molecule has 1 amide bonds. The minimum absolute atomic E-state index is 0. The van der Waals surface area contributed by atoms with Crippen LogP contribution in [0.5, 0.6) is 0 Å². The molecule has 26 heavy (non-hydrogen) atoms. The lowest BCUT2D eigenvalue weighted by Gasteiger charge is -2.36. The highest BCUT2D eigenvalue weighted by molar-refractivity contribution is 5.85. The molecule has 0 aliphatic carbocycles. The largest absolute Gasteiger partial charge is 0.353 e. The molecule has 2 heterocycles. The Morgan fingerprint density at radius 3 is 2.54 bits per heavy atom. The Kier molecular flexibility index (Phi) is 6.96. The van der Waals surface area contributed by atoms with Crippen LogP contribution >= 0.6 is 12.4 Å². The van der Waals surface area contributed by atoms with E-state index in [-0.39, 0.29) is 18.3 Å². The Morgan fingerprint density at radius 2 is 1.88 bits per heavy atom. The van der Waals surface area contributed by atoms with Crippen LogP contribution in [0.15, 0.2) is 48.7 Å². The van der Waals surface area contributed by atoms with E-state index < -0.39 is 6.04 Å². The van der Waals surface area contributed by atoms with Gasteiger partial charge in [0, 0.05) is 32.4 Å². The fourth-order valence-electron chi connectivity index (χ4n) is 3.01. The van der Waals surface area contributed by atoms with Crippen LogP contribution in [0.25, 0.3) is 0 Å². The molecule has 2 N–H and O–H groups in total. The van der Waals surface area contributed by atoms with Crippen molar-refractivity contribution < 1.29 is 4.79 Å². The summed E-state index contributed by atoms with van der Waals surface area (Å²) in [5.41, 5.74) is 7.77. The summed E-state index contributed by atoms with van der Waals surface area (Å²) in [5.74, 6) is 0.766. The van der Waals surface area contributed by atoms with E-state index in [0.717, 1.165) is 11.4 Å². The third kappa shape index (κ3) is 4.72. The Balaban J connectivity index is 0.00000243. The predicted octanol–water partition coefficient (Wildman–Crippen LogP) is 1.59. The molecule has 1 fully saturated rings. The van der Waals surface area contributed by atoms with Crippen LogP contribution in [0.4, 0.5) is 5.82 Å². The second-order valence-corrected chi connectivity index (χ2v) is 6.12. The van der Waals surface area contributed by atoms with Crippen LogP contribution in [-0.2, 0) is 11.2 Å². The van der Waals surface area contributed by atoms with Gasteiger partial charge in [-0.2, -0.15) is 5.26 Å². The maximum Gasteiger partial charge on any atom is 0.239 e. The quantitative estimate of drug-likeness (QED) is 0.882. The number of anilines is 1. The Morgan fingerprint density at radius 1 is 1.19 bits per heavy atom. The van der Waals surface area contributed by atoms with Gasteiger partial charge in [-0.15, -0.1) is 12.4 Å². The smallest absolute Gasteiger partial charge is 0.239 e. The third-order valence-corrected chi connectivity index (χ3v) is 4.41. The molecular formula is C19H22ClN5O. The lowest BCUT2D eigenvalue weighted by Crippen LogP contribution is -2.53. The van der Waals surface area contributed by atoms with E-state index in [1.165, 1.54) is 0 Å². The number of hydrogen-bond donors (Lipinski definition) is 1. The number of halogens is 1. The number of carbonyl (C=O) groups excluding carboxylic acids is 1. The normalized spacial score (nSPS) is 14.9. The van der Waals surface area contributed by atoms with Crippen LogP contribution < -0.4 is 10.6 Å². The van der Waals surface area contributed by atoms with E-state index in [9.17, 15) is 4.79 Å². The first-order valence-electron chi connectivity index (χ1n) is 8.37. The molecule has 1 aliphatic rings. The number of amides is 1. The zero-order valence-electron chi connectivity index (χ0n) is 14.4. The molecule has 0 unspecified atom stereocenters. The Labute approximate surface area is 159 Å². The van der Waals surface area contributed by atoms with Crippen molar-refractivity contribution in [3.63, 3.8) is 0 Å². The molecule has 0 bridgehead atoms. The number of hydrogen-bond acceptors (Lipinski definition) is 5. The molecule has 2 aromatic rings. The summed E-state index contributed by atoms with van der Waals surface area (Å²) in [6, 6.07) is 14.9. The zero-order chi connectivity index (χ0) is 17.6. The molecule has 0 saturated carbocycles. The first kappa shape index (κ1) is 19.7. The highest BCUT2D eigenvalue weighted by Gasteiger charge is 2.25. The number of rotatable bonds is 4. The first-order valence-corrected chi connectivity index (χ1v) is 8.37. The lowest BCUT2D eigenvalue weighted by molar-refractivity contribution is -0.132. The van der Waals surface area contributed by atoms with Gasteiger partial charge < -0.3 is 15.5 Å². The van der Waals surface area contributed by atoms with Gasteiger partial charge >= 0.3 is 0 Å². The van der Waals surface area contributed by atoms with Crippen LogP contribution in [0, 0.1) is 11.3 Å². The standard InChI is InChI=1S/C19H21N5O.ClH/c20-14-16-6-7-22-18(13-16)23-8-10-24(11-9-23)19(25)17(21)12-15-4-2-1-3-5-15;/h1-7,13,17H,8-12,21H2;1H/t17-;/m0./s1. The van der Waals surface area contributed by atoms with Crippen molar-refractivity contribution >= 4 is 24.1 Å². The van der Waals surface area contributed by atoms with Gasteiger partial charge in [-0.3, -0.25) is 4.79 Å². The molecular weight excluding hydrogens is 350 g/mol. The molecule has 1 atom stereocenters. The topological polar surface area (TPSA) is 86.2 Å². The van der Waals surface area contributed by atoms with Crippen LogP contribution in [0.3, 0.4) is 0 Å². The van der Waals surface area contributed by atoms with Gasteiger partial charge in [0.15, 0.2) is 0 Å². The number of carbonyl (C=O) groups is 1. The van der Waals surface area contributed by atoms with Crippen LogP contribution in [0.1, 0.15) is 11.1 Å². The fourth-order valence-corrected chi connectivity index (χ4v) is 3.01. The average molecular weight is 372 g/mol. The van der Waals surface area contributed by atoms with E-state index in [2.05, 4.69) is 16.0 Å². The van der Waals surface area contributed by atoms with Crippen LogP contribution in [-0.4, -0.2) is 48.0 Å². The van der Waals surface area contributed by atoms with Crippen molar-refractivity contribution in [2.75, 3.05) is 31.1 Å². The van der Waals surface area contributed by atoms with Crippen molar-refractivity contribution in [3.05, 3.63) is 59.8 Å². The third-order valence-electron chi connectivity index (χ3n) is 4.41. The number of nitrogens with zero attached hydrogens (tertiary/aromatic N) is 4. The SMILES string of the molecule is Cl.N#Cc1ccnc(N2CCN(C(=O)[C@@H](N)Cc3ccccc3)CC2)c1. The number of aromatic nitrogens is 1. The Hall–Kier alpha value is -2.62. The second kappa shape index (κ2) is 9.18. The minimum atomic E-state index is -0.519. The van der Waals surface area contributed by atoms with E-state index >= 15 is 0 Å². The molecule has 7 heteroatoms. The second-order valence-electron chi connectivity index (χ2n) is 6.12. The molecule has 3 rings (SSSR count). The van der Waals surface area contributed by atoms with Crippen molar-refractivity contribution in [1.29, 1.82) is 5.26 Å². The number of nitrogens with two attached hydrogens (primary N) is 1. The Bertz CT molecular complexity index is 769. The summed E-state index contributed by atoms with van der Waals surface area (Å²) in [6.45, 7) is 2.59. The van der Waals surface area contributed by atoms with Crippen molar-refractivity contribution in [2.45, 2.75) is 12.5 Å². The van der Waals surface area contributed by atoms with Gasteiger partial charge in [0.2, 0.25) is 5.91 Å². The summed E-state index contributed by atoms with van der Waals surface area (Å²) < 4.78 is 0. The van der Waals surface area contributed by atoms with E-state index in [4.69, 9.17) is 11.0 Å². The van der Waals surface area contributed by atoms with Crippen molar-refractivity contribution in [2.24, 2.45) is 5.73 Å². The first-order chi connectivity index (χ1) is 12.2. The van der Waals surface area contributed by atoms with Gasteiger partial charge in [-0.05, 0) is 24.1 Å². The number of benzene rings is 1. The summed E-state index contributed by atoms with van der Waals surface area (Å²) in [5, 5.41) is 8.99. The van der Waals surface area contributed by atoms with Gasteiger partial charge in [0.25, 0.3) is 0 Å². The summed E-state index contributed by atoms with van der Waals surface area (Å²) in [6.07, 6.45) is 2.19. The fraction of sp³-hybridized carbons (Fsp3) is 0.316. The number of piperazine rings is 1. The number of pyridine rings is 1. The molecule has 1 aliphatic heterocycles. The molecule has 6 nitrogen and oxygen atoms in total. The van der Waals surface area contributed by atoms with Gasteiger partial charge in [0.1, 0.15) is 5.82 Å². The van der Waals surface area contributed by atoms with Gasteiger partial charge in [0.05, 0.1) is 17.7 Å². The summed E-state index contributed by atoms with van der Waals surface area (Å²) >= 11 is 0. The van der Waals surface area contributed by atoms with E-state index in [0.29, 0.717) is 38.2 Å². The molecule has 1 saturated heterocycles. The lowest BCUT2D eigenvalue weighted by atomic mass is 10.1. The molecule has 0 spiro atoms. The maximum absolute atomic E-state index is 12.6. The number of nitriles is 1. The van der Waals surface area contributed by atoms with Gasteiger partial charge in [-0.1, -0.05) is 30.3 Å². The van der Waals surface area contributed by atoms with Crippen molar-refractivity contribution in [1.82, 2.24) is 9.88 Å². The molecule has 1 aromatic carbocycles. The van der Waals surface area contributed by atoms with E-state index in [1.54, 1.807) is 18.3 Å². The molecule has 1 aromatic heterocycles. The predicted molar refractivity (Wildman–Crippen MR) is 103 cm³/mol. The maximum atomic E-state index is 12.6. The molecule has 136 valence electrons. The monoisotopic (exact) mass is 371 g/mol. The highest BCUT2D eigenvalue weighted by atomic mass is 35.5. The van der Waals surface area contributed by atoms with Crippen molar-refractivity contribution in [3.8, 4) is 6.07 Å².